The summed E-state index contributed by atoms with van der Waals surface area (Å²) in [5.74, 6) is 0.185. The van der Waals surface area contributed by atoms with E-state index >= 15 is 0 Å². The molecule has 15 heavy (non-hydrogen) atoms. The van der Waals surface area contributed by atoms with Crippen LogP contribution < -0.4 is 5.32 Å². The van der Waals surface area contributed by atoms with Gasteiger partial charge in [-0.15, -0.1) is 0 Å². The molecule has 1 rings (SSSR count). The lowest BCUT2D eigenvalue weighted by Crippen LogP contribution is -2.15. The molecule has 0 aliphatic carbocycles. The lowest BCUT2D eigenvalue weighted by Gasteiger charge is -2.13. The Kier molecular flexibility index (Phi) is 5.05. The lowest BCUT2D eigenvalue weighted by molar-refractivity contribution is 0.164. The van der Waals surface area contributed by atoms with Crippen molar-refractivity contribution in [2.75, 3.05) is 25.6 Å². The molecule has 1 aromatic rings. The quantitative estimate of drug-likeness (QED) is 0.891. The summed E-state index contributed by atoms with van der Waals surface area (Å²) < 4.78 is 18.6. The molecular formula is C11H15BrFNO. The van der Waals surface area contributed by atoms with Gasteiger partial charge < -0.3 is 10.1 Å². The zero-order chi connectivity index (χ0) is 11.3. The van der Waals surface area contributed by atoms with Crippen molar-refractivity contribution in [2.24, 2.45) is 5.92 Å². The highest BCUT2D eigenvalue weighted by molar-refractivity contribution is 9.10. The van der Waals surface area contributed by atoms with E-state index in [0.29, 0.717) is 12.5 Å². The highest BCUT2D eigenvalue weighted by Crippen LogP contribution is 2.23. The molecule has 0 heterocycles. The van der Waals surface area contributed by atoms with Gasteiger partial charge in [-0.05, 0) is 40.0 Å². The largest absolute Gasteiger partial charge is 0.384 e. The number of ether oxygens (including phenoxy) is 1. The SMILES string of the molecule is COCC(C)CNc1ccc(F)cc1Br. The number of methoxy groups -OCH3 is 1. The highest BCUT2D eigenvalue weighted by atomic mass is 79.9. The first kappa shape index (κ1) is 12.5. The molecule has 1 unspecified atom stereocenters. The van der Waals surface area contributed by atoms with E-state index < -0.39 is 0 Å². The van der Waals surface area contributed by atoms with E-state index in [1.165, 1.54) is 12.1 Å². The first-order chi connectivity index (χ1) is 7.13. The average molecular weight is 276 g/mol. The van der Waals surface area contributed by atoms with Crippen LogP contribution in [0.15, 0.2) is 22.7 Å². The van der Waals surface area contributed by atoms with Gasteiger partial charge >= 0.3 is 0 Å². The maximum atomic E-state index is 12.8. The summed E-state index contributed by atoms with van der Waals surface area (Å²) in [6.45, 7) is 3.61. The zero-order valence-electron chi connectivity index (χ0n) is 8.89. The number of benzene rings is 1. The van der Waals surface area contributed by atoms with Crippen LogP contribution in [0.5, 0.6) is 0 Å². The Balaban J connectivity index is 2.50. The van der Waals surface area contributed by atoms with Crippen LogP contribution in [0.25, 0.3) is 0 Å². The molecule has 0 saturated carbocycles. The Labute approximate surface area is 98.0 Å². The Morgan fingerprint density at radius 2 is 2.27 bits per heavy atom. The van der Waals surface area contributed by atoms with Crippen LogP contribution in [0.4, 0.5) is 10.1 Å². The minimum absolute atomic E-state index is 0.239. The fourth-order valence-corrected chi connectivity index (χ4v) is 1.75. The number of anilines is 1. The minimum Gasteiger partial charge on any atom is -0.384 e. The third kappa shape index (κ3) is 4.18. The summed E-state index contributed by atoms with van der Waals surface area (Å²) in [5, 5.41) is 3.23. The molecule has 0 amide bonds. The second-order valence-electron chi connectivity index (χ2n) is 3.57. The molecule has 0 aliphatic rings. The topological polar surface area (TPSA) is 21.3 Å². The summed E-state index contributed by atoms with van der Waals surface area (Å²) in [6, 6.07) is 4.61. The molecule has 0 radical (unpaired) electrons. The van der Waals surface area contributed by atoms with E-state index in [9.17, 15) is 4.39 Å². The van der Waals surface area contributed by atoms with Crippen LogP contribution >= 0.6 is 15.9 Å². The van der Waals surface area contributed by atoms with Crippen LogP contribution in [0, 0.1) is 11.7 Å². The van der Waals surface area contributed by atoms with E-state index in [0.717, 1.165) is 16.7 Å². The standard InChI is InChI=1S/C11H15BrFNO/c1-8(7-15-2)6-14-11-4-3-9(13)5-10(11)12/h3-5,8,14H,6-7H2,1-2H3. The molecule has 0 fully saturated rings. The number of nitrogens with one attached hydrogen (secondary N) is 1. The van der Waals surface area contributed by atoms with Crippen molar-refractivity contribution in [3.8, 4) is 0 Å². The van der Waals surface area contributed by atoms with Crippen molar-refractivity contribution in [3.63, 3.8) is 0 Å². The van der Waals surface area contributed by atoms with Gasteiger partial charge in [0.1, 0.15) is 5.82 Å². The van der Waals surface area contributed by atoms with E-state index in [4.69, 9.17) is 4.74 Å². The van der Waals surface area contributed by atoms with Crippen molar-refractivity contribution in [3.05, 3.63) is 28.5 Å². The molecule has 0 spiro atoms. The molecule has 1 atom stereocenters. The fraction of sp³-hybridized carbons (Fsp3) is 0.455. The lowest BCUT2D eigenvalue weighted by atomic mass is 10.2. The maximum Gasteiger partial charge on any atom is 0.124 e. The molecule has 84 valence electrons. The van der Waals surface area contributed by atoms with Gasteiger partial charge in [0.25, 0.3) is 0 Å². The second kappa shape index (κ2) is 6.08. The van der Waals surface area contributed by atoms with Gasteiger partial charge in [0.2, 0.25) is 0 Å². The van der Waals surface area contributed by atoms with Crippen LogP contribution in [-0.4, -0.2) is 20.3 Å². The molecule has 0 bridgehead atoms. The summed E-state index contributed by atoms with van der Waals surface area (Å²) in [4.78, 5) is 0. The fourth-order valence-electron chi connectivity index (χ4n) is 1.26. The van der Waals surface area contributed by atoms with E-state index in [1.54, 1.807) is 13.2 Å². The van der Waals surface area contributed by atoms with E-state index in [1.807, 2.05) is 0 Å². The van der Waals surface area contributed by atoms with Crippen LogP contribution in [0.3, 0.4) is 0 Å². The predicted molar refractivity (Wildman–Crippen MR) is 63.6 cm³/mol. The number of hydrogen-bond donors (Lipinski definition) is 1. The monoisotopic (exact) mass is 275 g/mol. The van der Waals surface area contributed by atoms with Crippen molar-refractivity contribution >= 4 is 21.6 Å². The Bertz CT molecular complexity index is 319. The molecule has 0 aliphatic heterocycles. The van der Waals surface area contributed by atoms with Crippen LogP contribution in [0.2, 0.25) is 0 Å². The molecular weight excluding hydrogens is 261 g/mol. The number of rotatable bonds is 5. The van der Waals surface area contributed by atoms with Crippen molar-refractivity contribution in [2.45, 2.75) is 6.92 Å². The van der Waals surface area contributed by atoms with Gasteiger partial charge in [-0.1, -0.05) is 6.92 Å². The van der Waals surface area contributed by atoms with Gasteiger partial charge in [-0.25, -0.2) is 4.39 Å². The molecule has 1 aromatic carbocycles. The van der Waals surface area contributed by atoms with E-state index in [2.05, 4.69) is 28.2 Å². The van der Waals surface area contributed by atoms with Crippen molar-refractivity contribution < 1.29 is 9.13 Å². The smallest absolute Gasteiger partial charge is 0.124 e. The second-order valence-corrected chi connectivity index (χ2v) is 4.42. The summed E-state index contributed by atoms with van der Waals surface area (Å²) >= 11 is 3.30. The van der Waals surface area contributed by atoms with Crippen molar-refractivity contribution in [1.29, 1.82) is 0 Å². The first-order valence-electron chi connectivity index (χ1n) is 4.81. The summed E-state index contributed by atoms with van der Waals surface area (Å²) in [7, 11) is 1.68. The average Bonchev–Trinajstić information content (AvgIpc) is 2.17. The molecule has 2 nitrogen and oxygen atoms in total. The minimum atomic E-state index is -0.239. The number of hydrogen-bond acceptors (Lipinski definition) is 2. The van der Waals surface area contributed by atoms with Gasteiger partial charge in [0, 0.05) is 23.8 Å². The Morgan fingerprint density at radius 3 is 2.87 bits per heavy atom. The third-order valence-electron chi connectivity index (χ3n) is 2.02. The normalized spacial score (nSPS) is 12.5. The molecule has 1 N–H and O–H groups in total. The molecule has 0 saturated heterocycles. The Hall–Kier alpha value is -0.610. The van der Waals surface area contributed by atoms with Gasteiger partial charge in [0.05, 0.1) is 6.61 Å². The van der Waals surface area contributed by atoms with Crippen LogP contribution in [0.1, 0.15) is 6.92 Å². The zero-order valence-corrected chi connectivity index (χ0v) is 10.5. The highest BCUT2D eigenvalue weighted by Gasteiger charge is 2.04. The van der Waals surface area contributed by atoms with Crippen LogP contribution in [-0.2, 0) is 4.74 Å². The predicted octanol–water partition coefficient (Wildman–Crippen LogP) is 3.28. The van der Waals surface area contributed by atoms with Gasteiger partial charge in [0.15, 0.2) is 0 Å². The van der Waals surface area contributed by atoms with Gasteiger partial charge in [-0.3, -0.25) is 0 Å². The number of halogens is 2. The summed E-state index contributed by atoms with van der Waals surface area (Å²) in [5.41, 5.74) is 0.902. The van der Waals surface area contributed by atoms with Crippen molar-refractivity contribution in [1.82, 2.24) is 0 Å². The summed E-state index contributed by atoms with van der Waals surface area (Å²) in [6.07, 6.45) is 0. The van der Waals surface area contributed by atoms with E-state index in [-0.39, 0.29) is 5.82 Å². The third-order valence-corrected chi connectivity index (χ3v) is 2.68. The van der Waals surface area contributed by atoms with Gasteiger partial charge in [-0.2, -0.15) is 0 Å². The first-order valence-corrected chi connectivity index (χ1v) is 5.60. The molecule has 0 aromatic heterocycles. The molecule has 4 heteroatoms. The Morgan fingerprint density at radius 1 is 1.53 bits per heavy atom. The maximum absolute atomic E-state index is 12.8.